The number of ether oxygens (including phenoxy) is 3. The largest absolute Gasteiger partial charge is 0.493 e. The van der Waals surface area contributed by atoms with Gasteiger partial charge in [0.15, 0.2) is 22.5 Å². The summed E-state index contributed by atoms with van der Waals surface area (Å²) in [5.74, 6) is 1.10. The number of rotatable bonds is 10. The minimum Gasteiger partial charge on any atom is -0.493 e. The maximum Gasteiger partial charge on any atom is 0.337 e. The van der Waals surface area contributed by atoms with Crippen LogP contribution in [0.25, 0.3) is 17.1 Å². The number of hydrogen-bond donors (Lipinski definition) is 1. The van der Waals surface area contributed by atoms with E-state index >= 15 is 0 Å². The minimum absolute atomic E-state index is 0.0650. The van der Waals surface area contributed by atoms with Crippen molar-refractivity contribution in [3.8, 4) is 28.6 Å². The predicted molar refractivity (Wildman–Crippen MR) is 144 cm³/mol. The number of nitrogens with zero attached hydrogens (tertiary/aromatic N) is 4. The van der Waals surface area contributed by atoms with Crippen molar-refractivity contribution in [3.63, 3.8) is 0 Å². The number of hydrogen-bond acceptors (Lipinski definition) is 9. The lowest BCUT2D eigenvalue weighted by atomic mass is 10.1. The van der Waals surface area contributed by atoms with Crippen molar-refractivity contribution in [1.29, 1.82) is 0 Å². The number of aromatic nitrogens is 3. The standard InChI is InChI=1S/C27H25N5O5S/c1-35-22-14-13-20(15-23(22)36-2)25-30-31-27(32(25)21-7-5-4-6-8-21)38-17-24(33)29-28-16-18-9-11-19(12-10-18)26(34)37-3/h4-16H,17H2,1-3H3,(H,29,33)/b28-16-. The number of esters is 1. The van der Waals surface area contributed by atoms with Crippen LogP contribution in [0.4, 0.5) is 0 Å². The van der Waals surface area contributed by atoms with E-state index in [9.17, 15) is 9.59 Å². The van der Waals surface area contributed by atoms with Crippen molar-refractivity contribution in [2.24, 2.45) is 5.10 Å². The zero-order chi connectivity index (χ0) is 26.9. The molecule has 0 unspecified atom stereocenters. The zero-order valence-corrected chi connectivity index (χ0v) is 21.8. The van der Waals surface area contributed by atoms with Gasteiger partial charge in [0, 0.05) is 11.3 Å². The third-order valence-electron chi connectivity index (χ3n) is 5.36. The monoisotopic (exact) mass is 531 g/mol. The second-order valence-corrected chi connectivity index (χ2v) is 8.68. The Hall–Kier alpha value is -4.64. The molecule has 0 aliphatic carbocycles. The Kier molecular flexibility index (Phi) is 8.73. The number of hydrazone groups is 1. The summed E-state index contributed by atoms with van der Waals surface area (Å²) in [5.41, 5.74) is 5.27. The fourth-order valence-electron chi connectivity index (χ4n) is 3.50. The number of thioether (sulfide) groups is 1. The van der Waals surface area contributed by atoms with Gasteiger partial charge in [0.1, 0.15) is 0 Å². The van der Waals surface area contributed by atoms with Gasteiger partial charge >= 0.3 is 5.97 Å². The molecule has 1 amide bonds. The lowest BCUT2D eigenvalue weighted by molar-refractivity contribution is -0.118. The zero-order valence-electron chi connectivity index (χ0n) is 21.0. The summed E-state index contributed by atoms with van der Waals surface area (Å²) >= 11 is 1.23. The fraction of sp³-hybridized carbons (Fsp3) is 0.148. The van der Waals surface area contributed by atoms with E-state index in [-0.39, 0.29) is 11.7 Å². The average Bonchev–Trinajstić information content (AvgIpc) is 3.40. The van der Waals surface area contributed by atoms with Crippen LogP contribution in [0.15, 0.2) is 83.1 Å². The Bertz CT molecular complexity index is 1440. The molecule has 4 aromatic rings. The van der Waals surface area contributed by atoms with E-state index in [1.165, 1.54) is 25.1 Å². The summed E-state index contributed by atoms with van der Waals surface area (Å²) in [6, 6.07) is 21.8. The normalized spacial score (nSPS) is 10.8. The van der Waals surface area contributed by atoms with Gasteiger partial charge in [0.05, 0.1) is 38.9 Å². The molecule has 0 saturated heterocycles. The Balaban J connectivity index is 1.48. The van der Waals surface area contributed by atoms with E-state index in [0.29, 0.717) is 33.6 Å². The number of para-hydroxylation sites is 1. The first kappa shape index (κ1) is 26.4. The molecule has 3 aromatic carbocycles. The number of amides is 1. The van der Waals surface area contributed by atoms with Crippen molar-refractivity contribution in [2.45, 2.75) is 5.16 Å². The quantitative estimate of drug-likeness (QED) is 0.141. The molecule has 0 radical (unpaired) electrons. The van der Waals surface area contributed by atoms with E-state index < -0.39 is 5.97 Å². The van der Waals surface area contributed by atoms with Gasteiger partial charge in [0.2, 0.25) is 0 Å². The molecule has 10 nitrogen and oxygen atoms in total. The second kappa shape index (κ2) is 12.5. The maximum atomic E-state index is 12.5. The molecule has 1 heterocycles. The highest BCUT2D eigenvalue weighted by Gasteiger charge is 2.18. The average molecular weight is 532 g/mol. The van der Waals surface area contributed by atoms with Crippen LogP contribution in [0.2, 0.25) is 0 Å². The smallest absolute Gasteiger partial charge is 0.337 e. The molecule has 11 heteroatoms. The van der Waals surface area contributed by atoms with E-state index in [2.05, 4.69) is 25.5 Å². The molecule has 38 heavy (non-hydrogen) atoms. The second-order valence-electron chi connectivity index (χ2n) is 7.74. The van der Waals surface area contributed by atoms with Crippen LogP contribution in [0.1, 0.15) is 15.9 Å². The first-order chi connectivity index (χ1) is 18.5. The van der Waals surface area contributed by atoms with E-state index in [0.717, 1.165) is 11.3 Å². The third-order valence-corrected chi connectivity index (χ3v) is 6.29. The van der Waals surface area contributed by atoms with Gasteiger partial charge in [-0.3, -0.25) is 9.36 Å². The Morgan fingerprint density at radius 2 is 1.68 bits per heavy atom. The predicted octanol–water partition coefficient (Wildman–Crippen LogP) is 3.98. The van der Waals surface area contributed by atoms with Crippen molar-refractivity contribution in [3.05, 3.63) is 83.9 Å². The molecular weight excluding hydrogens is 506 g/mol. The molecule has 0 aliphatic heterocycles. The van der Waals surface area contributed by atoms with Crippen molar-refractivity contribution in [1.82, 2.24) is 20.2 Å². The Morgan fingerprint density at radius 3 is 2.37 bits per heavy atom. The minimum atomic E-state index is -0.420. The van der Waals surface area contributed by atoms with Crippen molar-refractivity contribution < 1.29 is 23.8 Å². The molecule has 0 aliphatic rings. The molecule has 1 N–H and O–H groups in total. The Morgan fingerprint density at radius 1 is 0.947 bits per heavy atom. The third kappa shape index (κ3) is 6.19. The van der Waals surface area contributed by atoms with E-state index in [1.54, 1.807) is 44.6 Å². The molecule has 0 saturated carbocycles. The van der Waals surface area contributed by atoms with Gasteiger partial charge in [-0.25, -0.2) is 10.2 Å². The van der Waals surface area contributed by atoms with Crippen LogP contribution in [0, 0.1) is 0 Å². The van der Waals surface area contributed by atoms with Crippen LogP contribution < -0.4 is 14.9 Å². The molecule has 194 valence electrons. The lowest BCUT2D eigenvalue weighted by Crippen LogP contribution is -2.20. The number of nitrogens with one attached hydrogen (secondary N) is 1. The number of carbonyl (C=O) groups excluding carboxylic acids is 2. The van der Waals surface area contributed by atoms with Gasteiger partial charge in [0.25, 0.3) is 5.91 Å². The van der Waals surface area contributed by atoms with Crippen LogP contribution in [0.5, 0.6) is 11.5 Å². The van der Waals surface area contributed by atoms with Gasteiger partial charge < -0.3 is 14.2 Å². The van der Waals surface area contributed by atoms with Crippen molar-refractivity contribution in [2.75, 3.05) is 27.1 Å². The first-order valence-electron chi connectivity index (χ1n) is 11.4. The fourth-order valence-corrected chi connectivity index (χ4v) is 4.24. The summed E-state index contributed by atoms with van der Waals surface area (Å²) in [5, 5.41) is 13.3. The molecule has 1 aromatic heterocycles. The summed E-state index contributed by atoms with van der Waals surface area (Å²) < 4.78 is 17.4. The number of carbonyl (C=O) groups is 2. The van der Waals surface area contributed by atoms with Crippen LogP contribution in [-0.2, 0) is 9.53 Å². The van der Waals surface area contributed by atoms with Crippen molar-refractivity contribution >= 4 is 29.9 Å². The molecule has 4 rings (SSSR count). The lowest BCUT2D eigenvalue weighted by Gasteiger charge is -2.12. The van der Waals surface area contributed by atoms with Gasteiger partial charge in [-0.1, -0.05) is 42.1 Å². The summed E-state index contributed by atoms with van der Waals surface area (Å²) in [4.78, 5) is 24.0. The highest BCUT2D eigenvalue weighted by Crippen LogP contribution is 2.34. The maximum absolute atomic E-state index is 12.5. The Labute approximate surface area is 223 Å². The molecular formula is C27H25N5O5S. The number of benzene rings is 3. The molecule has 0 bridgehead atoms. The first-order valence-corrected chi connectivity index (χ1v) is 12.4. The van der Waals surface area contributed by atoms with Gasteiger partial charge in [-0.05, 0) is 48.0 Å². The summed E-state index contributed by atoms with van der Waals surface area (Å²) in [6.07, 6.45) is 1.49. The molecule has 0 atom stereocenters. The topological polar surface area (TPSA) is 117 Å². The van der Waals surface area contributed by atoms with Gasteiger partial charge in [-0.2, -0.15) is 5.10 Å². The van der Waals surface area contributed by atoms with Crippen LogP contribution in [-0.4, -0.2) is 59.9 Å². The van der Waals surface area contributed by atoms with Crippen LogP contribution >= 0.6 is 11.8 Å². The van der Waals surface area contributed by atoms with Gasteiger partial charge in [-0.15, -0.1) is 10.2 Å². The molecule has 0 spiro atoms. The molecule has 0 fully saturated rings. The van der Waals surface area contributed by atoms with Crippen LogP contribution in [0.3, 0.4) is 0 Å². The summed E-state index contributed by atoms with van der Waals surface area (Å²) in [6.45, 7) is 0. The van der Waals surface area contributed by atoms with E-state index in [4.69, 9.17) is 9.47 Å². The highest BCUT2D eigenvalue weighted by atomic mass is 32.2. The highest BCUT2D eigenvalue weighted by molar-refractivity contribution is 7.99. The SMILES string of the molecule is COC(=O)c1ccc(/C=N\NC(=O)CSc2nnc(-c3ccc(OC)c(OC)c3)n2-c2ccccc2)cc1. The number of methoxy groups -OCH3 is 3. The van der Waals surface area contributed by atoms with E-state index in [1.807, 2.05) is 47.0 Å². The summed E-state index contributed by atoms with van der Waals surface area (Å²) in [7, 11) is 4.47.